The molecule has 0 aromatic heterocycles. The third-order valence-electron chi connectivity index (χ3n) is 0.747. The smallest absolute Gasteiger partial charge is 0.123 e. The van der Waals surface area contributed by atoms with Gasteiger partial charge in [-0.1, -0.05) is 42.4 Å². The van der Waals surface area contributed by atoms with E-state index in [0.717, 1.165) is 10.6 Å². The molecule has 2 heteroatoms. The standard InChI is InChI=1S/C7H8BrF.C2H6/c1-3-6(8)5-7(9)4-2;1-2/h3-5H,2H2,1H3;1-2H3/b6-3+,7-5+;. The van der Waals surface area contributed by atoms with Gasteiger partial charge in [0.05, 0.1) is 0 Å². The lowest BCUT2D eigenvalue weighted by Crippen LogP contribution is -1.64. The van der Waals surface area contributed by atoms with Crippen LogP contribution in [0.2, 0.25) is 0 Å². The number of halogens is 2. The molecule has 0 saturated carbocycles. The Hall–Kier alpha value is -0.370. The second-order valence-electron chi connectivity index (χ2n) is 1.41. The Morgan fingerprint density at radius 3 is 2.18 bits per heavy atom. The van der Waals surface area contributed by atoms with Crippen LogP contribution in [0.1, 0.15) is 20.8 Å². The predicted molar refractivity (Wildman–Crippen MR) is 53.4 cm³/mol. The summed E-state index contributed by atoms with van der Waals surface area (Å²) in [6.45, 7) is 9.07. The minimum Gasteiger partial charge on any atom is -0.207 e. The third-order valence-corrected chi connectivity index (χ3v) is 1.43. The Morgan fingerprint density at radius 1 is 1.45 bits per heavy atom. The summed E-state index contributed by atoms with van der Waals surface area (Å²) >= 11 is 3.12. The van der Waals surface area contributed by atoms with Crippen molar-refractivity contribution in [2.75, 3.05) is 0 Å². The highest BCUT2D eigenvalue weighted by atomic mass is 79.9. The first kappa shape index (κ1) is 13.2. The fourth-order valence-electron chi connectivity index (χ4n) is 0.274. The fraction of sp³-hybridized carbons (Fsp3) is 0.333. The quantitative estimate of drug-likeness (QED) is 0.608. The molecule has 0 N–H and O–H groups in total. The topological polar surface area (TPSA) is 0 Å². The molecule has 0 atom stereocenters. The van der Waals surface area contributed by atoms with Gasteiger partial charge >= 0.3 is 0 Å². The van der Waals surface area contributed by atoms with Crippen molar-refractivity contribution in [1.82, 2.24) is 0 Å². The van der Waals surface area contributed by atoms with Crippen LogP contribution in [0.3, 0.4) is 0 Å². The van der Waals surface area contributed by atoms with Crippen LogP contribution in [0.25, 0.3) is 0 Å². The van der Waals surface area contributed by atoms with E-state index in [-0.39, 0.29) is 5.83 Å². The first-order valence-electron chi connectivity index (χ1n) is 3.52. The molecule has 0 radical (unpaired) electrons. The molecule has 0 aromatic rings. The average Bonchev–Trinajstić information content (AvgIpc) is 2.07. The normalized spacial score (nSPS) is 11.7. The summed E-state index contributed by atoms with van der Waals surface area (Å²) < 4.78 is 13.0. The molecule has 0 heterocycles. The molecule has 0 spiro atoms. The monoisotopic (exact) mass is 220 g/mol. The van der Waals surface area contributed by atoms with E-state index in [2.05, 4.69) is 22.5 Å². The summed E-state index contributed by atoms with van der Waals surface area (Å²) in [5, 5.41) is 0. The molecule has 0 aliphatic carbocycles. The Balaban J connectivity index is 0. The molecule has 0 aliphatic rings. The second kappa shape index (κ2) is 9.63. The minimum absolute atomic E-state index is 0.333. The van der Waals surface area contributed by atoms with Crippen molar-refractivity contribution in [3.05, 3.63) is 35.1 Å². The lowest BCUT2D eigenvalue weighted by Gasteiger charge is -1.84. The molecule has 0 aromatic carbocycles. The lowest BCUT2D eigenvalue weighted by molar-refractivity contribution is 0.667. The summed E-state index contributed by atoms with van der Waals surface area (Å²) in [4.78, 5) is 0. The van der Waals surface area contributed by atoms with Crippen molar-refractivity contribution < 1.29 is 4.39 Å². The van der Waals surface area contributed by atoms with E-state index in [0.29, 0.717) is 0 Å². The van der Waals surface area contributed by atoms with Gasteiger partial charge in [0, 0.05) is 4.48 Å². The van der Waals surface area contributed by atoms with Crippen LogP contribution in [-0.4, -0.2) is 0 Å². The van der Waals surface area contributed by atoms with E-state index in [9.17, 15) is 4.39 Å². The summed E-state index contributed by atoms with van der Waals surface area (Å²) in [6, 6.07) is 0. The molecule has 0 aliphatic heterocycles. The van der Waals surface area contributed by atoms with Crippen LogP contribution >= 0.6 is 15.9 Å². The first-order valence-corrected chi connectivity index (χ1v) is 4.31. The zero-order valence-corrected chi connectivity index (χ0v) is 8.78. The molecule has 0 amide bonds. The Labute approximate surface area is 76.6 Å². The summed E-state index contributed by atoms with van der Waals surface area (Å²) in [5.74, 6) is -0.333. The van der Waals surface area contributed by atoms with Crippen molar-refractivity contribution >= 4 is 15.9 Å². The van der Waals surface area contributed by atoms with Gasteiger partial charge in [0.25, 0.3) is 0 Å². The van der Waals surface area contributed by atoms with Crippen LogP contribution in [-0.2, 0) is 0 Å². The largest absolute Gasteiger partial charge is 0.207 e. The Morgan fingerprint density at radius 2 is 1.91 bits per heavy atom. The van der Waals surface area contributed by atoms with Gasteiger partial charge in [-0.25, -0.2) is 4.39 Å². The van der Waals surface area contributed by atoms with E-state index < -0.39 is 0 Å². The molecular formula is C9H14BrF. The summed E-state index contributed by atoms with van der Waals surface area (Å²) in [5.41, 5.74) is 0. The maximum atomic E-state index is 12.2. The summed E-state index contributed by atoms with van der Waals surface area (Å²) in [7, 11) is 0. The van der Waals surface area contributed by atoms with Crippen molar-refractivity contribution in [3.8, 4) is 0 Å². The van der Waals surface area contributed by atoms with Crippen molar-refractivity contribution in [2.45, 2.75) is 20.8 Å². The molecule has 0 unspecified atom stereocenters. The maximum Gasteiger partial charge on any atom is 0.123 e. The van der Waals surface area contributed by atoms with E-state index in [1.165, 1.54) is 6.08 Å². The minimum atomic E-state index is -0.333. The van der Waals surface area contributed by atoms with Gasteiger partial charge in [0.15, 0.2) is 0 Å². The average molecular weight is 221 g/mol. The lowest BCUT2D eigenvalue weighted by atomic mass is 10.4. The van der Waals surface area contributed by atoms with Crippen LogP contribution in [0.15, 0.2) is 35.1 Å². The molecule has 64 valence electrons. The molecule has 0 bridgehead atoms. The zero-order chi connectivity index (χ0) is 9.28. The van der Waals surface area contributed by atoms with Gasteiger partial charge in [-0.15, -0.1) is 0 Å². The van der Waals surface area contributed by atoms with Gasteiger partial charge in [0.2, 0.25) is 0 Å². The fourth-order valence-corrected chi connectivity index (χ4v) is 0.493. The van der Waals surface area contributed by atoms with Gasteiger partial charge < -0.3 is 0 Å². The second-order valence-corrected chi connectivity index (χ2v) is 2.32. The maximum absolute atomic E-state index is 12.2. The molecular weight excluding hydrogens is 207 g/mol. The van der Waals surface area contributed by atoms with Crippen LogP contribution in [0.5, 0.6) is 0 Å². The SMILES string of the molecule is C=C/C(F)=C\C(Br)=C/C.CC. The molecule has 0 rings (SSSR count). The van der Waals surface area contributed by atoms with E-state index in [4.69, 9.17) is 0 Å². The number of rotatable bonds is 2. The first-order chi connectivity index (χ1) is 5.20. The number of allylic oxidation sites excluding steroid dienone is 5. The van der Waals surface area contributed by atoms with E-state index in [1.54, 1.807) is 6.08 Å². The summed E-state index contributed by atoms with van der Waals surface area (Å²) in [6.07, 6.45) is 4.26. The van der Waals surface area contributed by atoms with E-state index >= 15 is 0 Å². The van der Waals surface area contributed by atoms with Crippen LogP contribution in [0, 0.1) is 0 Å². The Bertz CT molecular complexity index is 157. The predicted octanol–water partition coefficient (Wildman–Crippen LogP) is 4.35. The van der Waals surface area contributed by atoms with Crippen molar-refractivity contribution in [3.63, 3.8) is 0 Å². The molecule has 11 heavy (non-hydrogen) atoms. The Kier molecular flexibility index (Phi) is 11.6. The molecule has 0 saturated heterocycles. The van der Waals surface area contributed by atoms with Crippen LogP contribution < -0.4 is 0 Å². The van der Waals surface area contributed by atoms with Gasteiger partial charge in [0.1, 0.15) is 5.83 Å². The molecule has 0 nitrogen and oxygen atoms in total. The van der Waals surface area contributed by atoms with Crippen molar-refractivity contribution in [2.24, 2.45) is 0 Å². The van der Waals surface area contributed by atoms with Gasteiger partial charge in [-0.2, -0.15) is 0 Å². The number of hydrogen-bond acceptors (Lipinski definition) is 0. The highest BCUT2D eigenvalue weighted by molar-refractivity contribution is 9.11. The third kappa shape index (κ3) is 9.63. The zero-order valence-electron chi connectivity index (χ0n) is 7.20. The molecule has 0 fully saturated rings. The van der Waals surface area contributed by atoms with Crippen LogP contribution in [0.4, 0.5) is 4.39 Å². The highest BCUT2D eigenvalue weighted by Crippen LogP contribution is 2.10. The van der Waals surface area contributed by atoms with E-state index in [1.807, 2.05) is 20.8 Å². The van der Waals surface area contributed by atoms with Crippen molar-refractivity contribution in [1.29, 1.82) is 0 Å². The number of hydrogen-bond donors (Lipinski definition) is 0. The van der Waals surface area contributed by atoms with Gasteiger partial charge in [-0.05, 0) is 19.1 Å². The van der Waals surface area contributed by atoms with Gasteiger partial charge in [-0.3, -0.25) is 0 Å². The highest BCUT2D eigenvalue weighted by Gasteiger charge is 1.85.